The van der Waals surface area contributed by atoms with Crippen LogP contribution in [0.5, 0.6) is 0 Å². The summed E-state index contributed by atoms with van der Waals surface area (Å²) in [5.41, 5.74) is 1.02. The van der Waals surface area contributed by atoms with Crippen LogP contribution in [0.2, 0.25) is 0 Å². The number of sulfone groups is 1. The molecule has 0 unspecified atom stereocenters. The second-order valence-electron chi connectivity index (χ2n) is 5.58. The molecule has 0 saturated heterocycles. The standard InChI is InChI=1S/C17H18N2O5S/c1-3-16(12-6-10-15(11-7-12)25(2,23)24)18-17(20)13-4-8-14(9-5-13)19(21)22/h4-11,16H,3H2,1-2H3,(H,18,20)/t16-/m1/s1. The molecule has 0 aliphatic heterocycles. The molecule has 1 amide bonds. The second kappa shape index (κ2) is 7.43. The number of nitro benzene ring substituents is 1. The van der Waals surface area contributed by atoms with Crippen LogP contribution in [0.3, 0.4) is 0 Å². The summed E-state index contributed by atoms with van der Waals surface area (Å²) >= 11 is 0. The summed E-state index contributed by atoms with van der Waals surface area (Å²) in [5.74, 6) is -0.353. The molecule has 2 aromatic carbocycles. The molecule has 25 heavy (non-hydrogen) atoms. The highest BCUT2D eigenvalue weighted by Crippen LogP contribution is 2.20. The van der Waals surface area contributed by atoms with Gasteiger partial charge in [-0.25, -0.2) is 8.42 Å². The van der Waals surface area contributed by atoms with E-state index >= 15 is 0 Å². The highest BCUT2D eigenvalue weighted by molar-refractivity contribution is 7.90. The summed E-state index contributed by atoms with van der Waals surface area (Å²) < 4.78 is 23.0. The fourth-order valence-corrected chi connectivity index (χ4v) is 2.97. The van der Waals surface area contributed by atoms with E-state index in [1.54, 1.807) is 12.1 Å². The topological polar surface area (TPSA) is 106 Å². The van der Waals surface area contributed by atoms with Crippen LogP contribution in [0.25, 0.3) is 0 Å². The van der Waals surface area contributed by atoms with Crippen molar-refractivity contribution in [1.82, 2.24) is 5.32 Å². The molecule has 0 spiro atoms. The Kier molecular flexibility index (Phi) is 5.53. The van der Waals surface area contributed by atoms with Crippen molar-refractivity contribution >= 4 is 21.4 Å². The number of amides is 1. The first-order chi connectivity index (χ1) is 11.7. The first kappa shape index (κ1) is 18.6. The van der Waals surface area contributed by atoms with Gasteiger partial charge in [0.25, 0.3) is 11.6 Å². The predicted octanol–water partition coefficient (Wildman–Crippen LogP) is 2.88. The molecule has 132 valence electrons. The van der Waals surface area contributed by atoms with Gasteiger partial charge in [0.2, 0.25) is 0 Å². The Balaban J connectivity index is 2.15. The largest absolute Gasteiger partial charge is 0.345 e. The maximum atomic E-state index is 12.3. The number of carbonyl (C=O) groups is 1. The molecule has 2 rings (SSSR count). The summed E-state index contributed by atoms with van der Waals surface area (Å²) in [5, 5.41) is 13.5. The van der Waals surface area contributed by atoms with E-state index < -0.39 is 14.8 Å². The maximum absolute atomic E-state index is 12.3. The Labute approximate surface area is 145 Å². The average Bonchev–Trinajstić information content (AvgIpc) is 2.59. The number of hydrogen-bond acceptors (Lipinski definition) is 5. The van der Waals surface area contributed by atoms with E-state index in [2.05, 4.69) is 5.32 Å². The summed E-state index contributed by atoms with van der Waals surface area (Å²) in [6, 6.07) is 11.4. The lowest BCUT2D eigenvalue weighted by molar-refractivity contribution is -0.384. The lowest BCUT2D eigenvalue weighted by Crippen LogP contribution is -2.28. The molecular weight excluding hydrogens is 344 g/mol. The molecule has 2 aromatic rings. The van der Waals surface area contributed by atoms with E-state index in [9.17, 15) is 23.3 Å². The minimum Gasteiger partial charge on any atom is -0.345 e. The van der Waals surface area contributed by atoms with Gasteiger partial charge in [-0.3, -0.25) is 14.9 Å². The van der Waals surface area contributed by atoms with E-state index in [-0.39, 0.29) is 22.5 Å². The van der Waals surface area contributed by atoms with Crippen molar-refractivity contribution in [3.05, 3.63) is 69.8 Å². The minimum absolute atomic E-state index is 0.0834. The Bertz CT molecular complexity index is 874. The highest BCUT2D eigenvalue weighted by Gasteiger charge is 2.16. The van der Waals surface area contributed by atoms with Gasteiger partial charge in [-0.1, -0.05) is 19.1 Å². The van der Waals surface area contributed by atoms with Crippen molar-refractivity contribution in [2.45, 2.75) is 24.3 Å². The van der Waals surface area contributed by atoms with Gasteiger partial charge in [0, 0.05) is 24.0 Å². The van der Waals surface area contributed by atoms with Crippen LogP contribution in [-0.4, -0.2) is 25.5 Å². The third-order valence-corrected chi connectivity index (χ3v) is 4.89. The molecule has 1 N–H and O–H groups in total. The van der Waals surface area contributed by atoms with Crippen LogP contribution in [0.4, 0.5) is 5.69 Å². The Morgan fingerprint density at radius 1 is 1.12 bits per heavy atom. The van der Waals surface area contributed by atoms with Crippen LogP contribution in [0.1, 0.15) is 35.3 Å². The summed E-state index contributed by atoms with van der Waals surface area (Å²) in [7, 11) is -3.27. The molecule has 1 atom stereocenters. The SMILES string of the molecule is CC[C@@H](NC(=O)c1ccc([N+](=O)[O-])cc1)c1ccc(S(C)(=O)=O)cc1. The Hall–Kier alpha value is -2.74. The van der Waals surface area contributed by atoms with Crippen LogP contribution in [0.15, 0.2) is 53.4 Å². The van der Waals surface area contributed by atoms with Crippen molar-refractivity contribution in [2.24, 2.45) is 0 Å². The van der Waals surface area contributed by atoms with Crippen LogP contribution < -0.4 is 5.32 Å². The van der Waals surface area contributed by atoms with E-state index in [0.29, 0.717) is 12.0 Å². The van der Waals surface area contributed by atoms with E-state index in [1.807, 2.05) is 6.92 Å². The molecule has 0 heterocycles. The molecular formula is C17H18N2O5S. The first-order valence-electron chi connectivity index (χ1n) is 7.57. The first-order valence-corrected chi connectivity index (χ1v) is 9.47. The molecule has 0 aromatic heterocycles. The van der Waals surface area contributed by atoms with Gasteiger partial charge in [0.1, 0.15) is 0 Å². The van der Waals surface area contributed by atoms with E-state index in [1.165, 1.54) is 36.4 Å². The van der Waals surface area contributed by atoms with Crippen LogP contribution >= 0.6 is 0 Å². The lowest BCUT2D eigenvalue weighted by Gasteiger charge is -2.18. The molecule has 0 aliphatic rings. The predicted molar refractivity (Wildman–Crippen MR) is 93.1 cm³/mol. The number of nitrogens with one attached hydrogen (secondary N) is 1. The van der Waals surface area contributed by atoms with E-state index in [0.717, 1.165) is 11.8 Å². The number of nitro groups is 1. The fourth-order valence-electron chi connectivity index (χ4n) is 2.34. The minimum atomic E-state index is -3.27. The van der Waals surface area contributed by atoms with Crippen molar-refractivity contribution in [1.29, 1.82) is 0 Å². The smallest absolute Gasteiger partial charge is 0.269 e. The van der Waals surface area contributed by atoms with Gasteiger partial charge in [-0.05, 0) is 36.2 Å². The average molecular weight is 362 g/mol. The maximum Gasteiger partial charge on any atom is 0.269 e. The Morgan fingerprint density at radius 2 is 1.68 bits per heavy atom. The second-order valence-corrected chi connectivity index (χ2v) is 7.60. The normalized spacial score (nSPS) is 12.4. The Morgan fingerprint density at radius 3 is 2.12 bits per heavy atom. The molecule has 7 nitrogen and oxygen atoms in total. The fraction of sp³-hybridized carbons (Fsp3) is 0.235. The molecule has 8 heteroatoms. The van der Waals surface area contributed by atoms with Gasteiger partial charge in [-0.2, -0.15) is 0 Å². The third-order valence-electron chi connectivity index (χ3n) is 3.76. The highest BCUT2D eigenvalue weighted by atomic mass is 32.2. The molecule has 0 fully saturated rings. The van der Waals surface area contributed by atoms with Gasteiger partial charge < -0.3 is 5.32 Å². The number of carbonyl (C=O) groups excluding carboxylic acids is 1. The number of benzene rings is 2. The lowest BCUT2D eigenvalue weighted by atomic mass is 10.0. The summed E-state index contributed by atoms with van der Waals surface area (Å²) in [6.07, 6.45) is 1.74. The molecule has 0 bridgehead atoms. The number of hydrogen-bond donors (Lipinski definition) is 1. The molecule has 0 radical (unpaired) electrons. The molecule has 0 aliphatic carbocycles. The summed E-state index contributed by atoms with van der Waals surface area (Å²) in [4.78, 5) is 22.7. The van der Waals surface area contributed by atoms with Crippen molar-refractivity contribution < 1.29 is 18.1 Å². The zero-order valence-electron chi connectivity index (χ0n) is 13.8. The van der Waals surface area contributed by atoms with Gasteiger partial charge in [0.15, 0.2) is 9.84 Å². The van der Waals surface area contributed by atoms with Gasteiger partial charge >= 0.3 is 0 Å². The quantitative estimate of drug-likeness (QED) is 0.628. The number of rotatable bonds is 6. The van der Waals surface area contributed by atoms with Gasteiger partial charge in [0.05, 0.1) is 15.9 Å². The van der Waals surface area contributed by atoms with Crippen molar-refractivity contribution in [3.8, 4) is 0 Å². The third kappa shape index (κ3) is 4.63. The number of nitrogens with zero attached hydrogens (tertiary/aromatic N) is 1. The van der Waals surface area contributed by atoms with Gasteiger partial charge in [-0.15, -0.1) is 0 Å². The van der Waals surface area contributed by atoms with Crippen molar-refractivity contribution in [3.63, 3.8) is 0 Å². The van der Waals surface area contributed by atoms with E-state index in [4.69, 9.17) is 0 Å². The monoisotopic (exact) mass is 362 g/mol. The van der Waals surface area contributed by atoms with Crippen LogP contribution in [0, 0.1) is 10.1 Å². The zero-order chi connectivity index (χ0) is 18.6. The van der Waals surface area contributed by atoms with Crippen LogP contribution in [-0.2, 0) is 9.84 Å². The van der Waals surface area contributed by atoms with Crippen molar-refractivity contribution in [2.75, 3.05) is 6.26 Å². The zero-order valence-corrected chi connectivity index (χ0v) is 14.6. The number of non-ortho nitro benzene ring substituents is 1. The summed E-state index contributed by atoms with van der Waals surface area (Å²) in [6.45, 7) is 1.89. The molecule has 0 saturated carbocycles.